The number of anilines is 2. The molecule has 23 heavy (non-hydrogen) atoms. The van der Waals surface area contributed by atoms with Crippen molar-refractivity contribution in [1.29, 1.82) is 0 Å². The lowest BCUT2D eigenvalue weighted by molar-refractivity contribution is 0.922. The van der Waals surface area contributed by atoms with Gasteiger partial charge in [0.15, 0.2) is 5.82 Å². The van der Waals surface area contributed by atoms with Crippen LogP contribution in [0, 0.1) is 6.92 Å². The first-order chi connectivity index (χ1) is 11.3. The van der Waals surface area contributed by atoms with Gasteiger partial charge in [-0.2, -0.15) is 0 Å². The molecule has 1 N–H and O–H groups in total. The van der Waals surface area contributed by atoms with Crippen molar-refractivity contribution in [3.63, 3.8) is 0 Å². The van der Waals surface area contributed by atoms with Gasteiger partial charge < -0.3 is 5.32 Å². The first-order valence-corrected chi connectivity index (χ1v) is 7.72. The van der Waals surface area contributed by atoms with Crippen LogP contribution in [-0.4, -0.2) is 19.6 Å². The smallest absolute Gasteiger partial charge is 0.204 e. The summed E-state index contributed by atoms with van der Waals surface area (Å²) in [4.78, 5) is 4.73. The minimum Gasteiger partial charge on any atom is -0.337 e. The molecule has 0 unspecified atom stereocenters. The third-order valence-corrected chi connectivity index (χ3v) is 3.93. The number of aromatic nitrogens is 4. The van der Waals surface area contributed by atoms with Crippen LogP contribution in [0.25, 0.3) is 16.7 Å². The number of rotatable bonds is 3. The SMILES string of the molecule is CCc1nnc2c(Nc3ccc(C)cc3)nc3ccccc3n12. The van der Waals surface area contributed by atoms with E-state index in [0.29, 0.717) is 0 Å². The maximum atomic E-state index is 4.73. The highest BCUT2D eigenvalue weighted by molar-refractivity contribution is 5.84. The minimum absolute atomic E-state index is 0.722. The number of hydrogen-bond donors (Lipinski definition) is 1. The Kier molecular flexibility index (Phi) is 3.19. The van der Waals surface area contributed by atoms with Gasteiger partial charge in [0.2, 0.25) is 5.65 Å². The average Bonchev–Trinajstić information content (AvgIpc) is 3.02. The van der Waals surface area contributed by atoms with E-state index in [2.05, 4.69) is 45.9 Å². The third-order valence-electron chi connectivity index (χ3n) is 3.93. The molecule has 0 bridgehead atoms. The molecule has 4 rings (SSSR count). The number of nitrogens with one attached hydrogen (secondary N) is 1. The van der Waals surface area contributed by atoms with Gasteiger partial charge in [-0.05, 0) is 31.2 Å². The van der Waals surface area contributed by atoms with Crippen molar-refractivity contribution in [2.75, 3.05) is 5.32 Å². The largest absolute Gasteiger partial charge is 0.337 e. The van der Waals surface area contributed by atoms with E-state index in [1.807, 2.05) is 36.4 Å². The van der Waals surface area contributed by atoms with Crippen molar-refractivity contribution in [3.8, 4) is 0 Å². The van der Waals surface area contributed by atoms with Crippen molar-refractivity contribution >= 4 is 28.2 Å². The van der Waals surface area contributed by atoms with Gasteiger partial charge in [-0.1, -0.05) is 36.8 Å². The second-order valence-corrected chi connectivity index (χ2v) is 5.57. The Morgan fingerprint density at radius 1 is 1.00 bits per heavy atom. The van der Waals surface area contributed by atoms with Crippen LogP contribution in [0.1, 0.15) is 18.3 Å². The Bertz CT molecular complexity index is 986. The van der Waals surface area contributed by atoms with Crippen molar-refractivity contribution < 1.29 is 0 Å². The van der Waals surface area contributed by atoms with Crippen LogP contribution in [0.4, 0.5) is 11.5 Å². The second kappa shape index (κ2) is 5.35. The molecule has 4 aromatic rings. The average molecular weight is 303 g/mol. The Morgan fingerprint density at radius 3 is 2.57 bits per heavy atom. The molecule has 0 aliphatic rings. The maximum absolute atomic E-state index is 4.73. The van der Waals surface area contributed by atoms with Gasteiger partial charge in [-0.3, -0.25) is 4.40 Å². The molecular formula is C18H17N5. The Labute approximate surface area is 134 Å². The molecule has 0 atom stereocenters. The number of para-hydroxylation sites is 2. The molecule has 2 aromatic carbocycles. The normalized spacial score (nSPS) is 11.2. The van der Waals surface area contributed by atoms with Gasteiger partial charge in [0.05, 0.1) is 11.0 Å². The van der Waals surface area contributed by atoms with Gasteiger partial charge in [0.1, 0.15) is 5.82 Å². The fraction of sp³-hybridized carbons (Fsp3) is 0.167. The van der Waals surface area contributed by atoms with Crippen LogP contribution in [0.5, 0.6) is 0 Å². The monoisotopic (exact) mass is 303 g/mol. The number of nitrogens with zero attached hydrogens (tertiary/aromatic N) is 4. The topological polar surface area (TPSA) is 55.1 Å². The van der Waals surface area contributed by atoms with E-state index in [4.69, 9.17) is 4.98 Å². The summed E-state index contributed by atoms with van der Waals surface area (Å²) in [5.41, 5.74) is 4.91. The highest BCUT2D eigenvalue weighted by Gasteiger charge is 2.14. The lowest BCUT2D eigenvalue weighted by Crippen LogP contribution is -2.02. The molecule has 114 valence electrons. The van der Waals surface area contributed by atoms with Crippen LogP contribution in [-0.2, 0) is 6.42 Å². The van der Waals surface area contributed by atoms with E-state index >= 15 is 0 Å². The molecule has 2 aromatic heterocycles. The summed E-state index contributed by atoms with van der Waals surface area (Å²) in [6.07, 6.45) is 0.819. The molecule has 0 spiro atoms. The molecule has 0 radical (unpaired) electrons. The van der Waals surface area contributed by atoms with E-state index in [0.717, 1.165) is 40.4 Å². The molecule has 5 heteroatoms. The number of fused-ring (bicyclic) bond motifs is 3. The fourth-order valence-electron chi connectivity index (χ4n) is 2.73. The van der Waals surface area contributed by atoms with Crippen LogP contribution in [0.3, 0.4) is 0 Å². The van der Waals surface area contributed by atoms with Crippen molar-refractivity contribution in [2.24, 2.45) is 0 Å². The van der Waals surface area contributed by atoms with Gasteiger partial charge >= 0.3 is 0 Å². The highest BCUT2D eigenvalue weighted by Crippen LogP contribution is 2.24. The summed E-state index contributed by atoms with van der Waals surface area (Å²) in [6.45, 7) is 4.15. The highest BCUT2D eigenvalue weighted by atomic mass is 15.3. The zero-order valence-electron chi connectivity index (χ0n) is 13.1. The predicted octanol–water partition coefficient (Wildman–Crippen LogP) is 3.89. The molecular weight excluding hydrogens is 286 g/mol. The summed E-state index contributed by atoms with van der Waals surface area (Å²) < 4.78 is 2.08. The lowest BCUT2D eigenvalue weighted by Gasteiger charge is -2.10. The van der Waals surface area contributed by atoms with Gasteiger partial charge in [-0.15, -0.1) is 10.2 Å². The lowest BCUT2D eigenvalue weighted by atomic mass is 10.2. The molecule has 0 aliphatic heterocycles. The molecule has 0 saturated carbocycles. The minimum atomic E-state index is 0.722. The first-order valence-electron chi connectivity index (χ1n) is 7.72. The summed E-state index contributed by atoms with van der Waals surface area (Å²) in [5, 5.41) is 12.0. The standard InChI is InChI=1S/C18H17N5/c1-3-16-21-22-18-17(19-13-10-8-12(2)9-11-13)20-14-6-4-5-7-15(14)23(16)18/h4-11H,3H2,1-2H3,(H,19,20). The second-order valence-electron chi connectivity index (χ2n) is 5.57. The summed E-state index contributed by atoms with van der Waals surface area (Å²) >= 11 is 0. The van der Waals surface area contributed by atoms with E-state index in [-0.39, 0.29) is 0 Å². The Balaban J connectivity index is 1.94. The molecule has 0 amide bonds. The summed E-state index contributed by atoms with van der Waals surface area (Å²) in [6, 6.07) is 16.3. The Hall–Kier alpha value is -2.95. The van der Waals surface area contributed by atoms with E-state index in [1.54, 1.807) is 0 Å². The molecule has 0 fully saturated rings. The summed E-state index contributed by atoms with van der Waals surface area (Å²) in [7, 11) is 0. The van der Waals surface area contributed by atoms with Crippen molar-refractivity contribution in [1.82, 2.24) is 19.6 Å². The van der Waals surface area contributed by atoms with Crippen molar-refractivity contribution in [3.05, 3.63) is 59.9 Å². The quantitative estimate of drug-likeness (QED) is 0.624. The predicted molar refractivity (Wildman–Crippen MR) is 92.1 cm³/mol. The van der Waals surface area contributed by atoms with E-state index in [9.17, 15) is 0 Å². The summed E-state index contributed by atoms with van der Waals surface area (Å²) in [5.74, 6) is 1.66. The Morgan fingerprint density at radius 2 is 1.78 bits per heavy atom. The number of benzene rings is 2. The van der Waals surface area contributed by atoms with E-state index < -0.39 is 0 Å². The fourth-order valence-corrected chi connectivity index (χ4v) is 2.73. The van der Waals surface area contributed by atoms with Gasteiger partial charge in [0.25, 0.3) is 0 Å². The maximum Gasteiger partial charge on any atom is 0.204 e. The molecule has 2 heterocycles. The van der Waals surface area contributed by atoms with Gasteiger partial charge in [-0.25, -0.2) is 4.98 Å². The zero-order valence-corrected chi connectivity index (χ0v) is 13.1. The molecule has 5 nitrogen and oxygen atoms in total. The number of hydrogen-bond acceptors (Lipinski definition) is 4. The van der Waals surface area contributed by atoms with Crippen LogP contribution >= 0.6 is 0 Å². The first kappa shape index (κ1) is 13.7. The van der Waals surface area contributed by atoms with Crippen LogP contribution in [0.2, 0.25) is 0 Å². The van der Waals surface area contributed by atoms with Gasteiger partial charge in [0, 0.05) is 12.1 Å². The third kappa shape index (κ3) is 2.30. The molecule has 0 aliphatic carbocycles. The molecule has 0 saturated heterocycles. The van der Waals surface area contributed by atoms with E-state index in [1.165, 1.54) is 5.56 Å². The van der Waals surface area contributed by atoms with Crippen LogP contribution < -0.4 is 5.32 Å². The van der Waals surface area contributed by atoms with Crippen LogP contribution in [0.15, 0.2) is 48.5 Å². The zero-order chi connectivity index (χ0) is 15.8. The number of aryl methyl sites for hydroxylation is 2. The van der Waals surface area contributed by atoms with Crippen molar-refractivity contribution in [2.45, 2.75) is 20.3 Å².